The molecule has 1 aromatic carbocycles. The van der Waals surface area contributed by atoms with Crippen molar-refractivity contribution < 1.29 is 19.1 Å². The molecule has 1 aliphatic rings. The Bertz CT molecular complexity index is 515. The molecule has 0 radical (unpaired) electrons. The molecule has 22 heavy (non-hydrogen) atoms. The summed E-state index contributed by atoms with van der Waals surface area (Å²) in [6.07, 6.45) is 0.310. The SMILES string of the molecule is CC(C)C[C@H]1[C@H](C)C(=O)OCN1C(=O)OCc1ccccc1. The van der Waals surface area contributed by atoms with Gasteiger partial charge in [0.05, 0.1) is 12.0 Å². The molecule has 1 heterocycles. The molecule has 0 saturated carbocycles. The van der Waals surface area contributed by atoms with Crippen LogP contribution in [0.5, 0.6) is 0 Å². The van der Waals surface area contributed by atoms with Crippen LogP contribution < -0.4 is 0 Å². The second-order valence-corrected chi connectivity index (χ2v) is 6.09. The van der Waals surface area contributed by atoms with Crippen LogP contribution in [-0.4, -0.2) is 29.7 Å². The first-order chi connectivity index (χ1) is 10.5. The first-order valence-corrected chi connectivity index (χ1v) is 7.63. The Hall–Kier alpha value is -2.04. The Morgan fingerprint density at radius 1 is 1.36 bits per heavy atom. The maximum Gasteiger partial charge on any atom is 0.413 e. The van der Waals surface area contributed by atoms with Crippen LogP contribution in [0.1, 0.15) is 32.8 Å². The van der Waals surface area contributed by atoms with E-state index in [1.54, 1.807) is 6.92 Å². The molecular formula is C17H23NO4. The number of rotatable bonds is 4. The van der Waals surface area contributed by atoms with E-state index in [1.165, 1.54) is 4.90 Å². The van der Waals surface area contributed by atoms with Crippen molar-refractivity contribution >= 4 is 12.1 Å². The molecule has 0 aliphatic carbocycles. The number of ether oxygens (including phenoxy) is 2. The van der Waals surface area contributed by atoms with E-state index in [9.17, 15) is 9.59 Å². The van der Waals surface area contributed by atoms with Crippen molar-refractivity contribution in [1.82, 2.24) is 4.90 Å². The number of hydrogen-bond acceptors (Lipinski definition) is 4. The van der Waals surface area contributed by atoms with Crippen LogP contribution >= 0.6 is 0 Å². The summed E-state index contributed by atoms with van der Waals surface area (Å²) in [5.41, 5.74) is 0.929. The maximum atomic E-state index is 12.3. The van der Waals surface area contributed by atoms with E-state index in [1.807, 2.05) is 30.3 Å². The van der Waals surface area contributed by atoms with Gasteiger partial charge < -0.3 is 9.47 Å². The largest absolute Gasteiger partial charge is 0.444 e. The van der Waals surface area contributed by atoms with E-state index in [2.05, 4.69) is 13.8 Å². The standard InChI is InChI=1S/C17H23NO4/c1-12(2)9-15-13(3)16(19)22-11-18(15)17(20)21-10-14-7-5-4-6-8-14/h4-8,12-13,15H,9-11H2,1-3H3/t13-,15-/m0/s1. The zero-order chi connectivity index (χ0) is 16.1. The van der Waals surface area contributed by atoms with Crippen molar-refractivity contribution in [3.05, 3.63) is 35.9 Å². The van der Waals surface area contributed by atoms with Crippen LogP contribution in [0, 0.1) is 11.8 Å². The lowest BCUT2D eigenvalue weighted by Gasteiger charge is -2.38. The monoisotopic (exact) mass is 305 g/mol. The van der Waals surface area contributed by atoms with E-state index >= 15 is 0 Å². The summed E-state index contributed by atoms with van der Waals surface area (Å²) in [6, 6.07) is 9.33. The molecule has 0 N–H and O–H groups in total. The number of benzene rings is 1. The highest BCUT2D eigenvalue weighted by Gasteiger charge is 2.39. The van der Waals surface area contributed by atoms with Gasteiger partial charge >= 0.3 is 12.1 Å². The molecule has 5 heteroatoms. The summed E-state index contributed by atoms with van der Waals surface area (Å²) in [6.45, 7) is 6.12. The normalized spacial score (nSPS) is 21.6. The Morgan fingerprint density at radius 2 is 2.05 bits per heavy atom. The van der Waals surface area contributed by atoms with Crippen LogP contribution in [0.15, 0.2) is 30.3 Å². The third kappa shape index (κ3) is 4.00. The van der Waals surface area contributed by atoms with Gasteiger partial charge in [-0.2, -0.15) is 0 Å². The number of amides is 1. The number of esters is 1. The van der Waals surface area contributed by atoms with Crippen molar-refractivity contribution in [1.29, 1.82) is 0 Å². The van der Waals surface area contributed by atoms with Gasteiger partial charge in [-0.15, -0.1) is 0 Å². The van der Waals surface area contributed by atoms with Crippen molar-refractivity contribution in [2.75, 3.05) is 6.73 Å². The van der Waals surface area contributed by atoms with Gasteiger partial charge in [-0.3, -0.25) is 9.69 Å². The molecule has 1 amide bonds. The molecule has 2 rings (SSSR count). The summed E-state index contributed by atoms with van der Waals surface area (Å²) in [5, 5.41) is 0. The van der Waals surface area contributed by atoms with Gasteiger partial charge in [0, 0.05) is 0 Å². The van der Waals surface area contributed by atoms with Crippen LogP contribution in [0.2, 0.25) is 0 Å². The van der Waals surface area contributed by atoms with Gasteiger partial charge in [0.1, 0.15) is 6.61 Å². The fourth-order valence-corrected chi connectivity index (χ4v) is 2.59. The molecule has 2 atom stereocenters. The Balaban J connectivity index is 2.00. The molecule has 1 saturated heterocycles. The predicted octanol–water partition coefficient (Wildman–Crippen LogP) is 3.19. The van der Waals surface area contributed by atoms with Crippen LogP contribution in [0.3, 0.4) is 0 Å². The number of nitrogens with zero attached hydrogens (tertiary/aromatic N) is 1. The fraction of sp³-hybridized carbons (Fsp3) is 0.529. The van der Waals surface area contributed by atoms with Crippen LogP contribution in [0.25, 0.3) is 0 Å². The van der Waals surface area contributed by atoms with Gasteiger partial charge in [-0.05, 0) is 24.8 Å². The zero-order valence-corrected chi connectivity index (χ0v) is 13.3. The van der Waals surface area contributed by atoms with E-state index in [0.29, 0.717) is 5.92 Å². The van der Waals surface area contributed by atoms with E-state index in [-0.39, 0.29) is 31.3 Å². The Labute approximate surface area is 131 Å². The second-order valence-electron chi connectivity index (χ2n) is 6.09. The molecule has 1 aromatic rings. The number of carbonyl (C=O) groups is 2. The average molecular weight is 305 g/mol. The van der Waals surface area contributed by atoms with Crippen molar-refractivity contribution in [3.63, 3.8) is 0 Å². The molecule has 0 aromatic heterocycles. The number of carbonyl (C=O) groups excluding carboxylic acids is 2. The van der Waals surface area contributed by atoms with Gasteiger partial charge in [0.25, 0.3) is 0 Å². The molecular weight excluding hydrogens is 282 g/mol. The topological polar surface area (TPSA) is 55.8 Å². The lowest BCUT2D eigenvalue weighted by molar-refractivity contribution is -0.166. The van der Waals surface area contributed by atoms with Gasteiger partial charge in [-0.25, -0.2) is 4.79 Å². The minimum Gasteiger partial charge on any atom is -0.444 e. The minimum atomic E-state index is -0.436. The average Bonchev–Trinajstić information content (AvgIpc) is 2.50. The molecule has 5 nitrogen and oxygen atoms in total. The highest BCUT2D eigenvalue weighted by atomic mass is 16.6. The molecule has 0 spiro atoms. The van der Waals surface area contributed by atoms with E-state index in [4.69, 9.17) is 9.47 Å². The van der Waals surface area contributed by atoms with Crippen molar-refractivity contribution in [2.45, 2.75) is 39.8 Å². The molecule has 120 valence electrons. The smallest absolute Gasteiger partial charge is 0.413 e. The van der Waals surface area contributed by atoms with Crippen molar-refractivity contribution in [2.24, 2.45) is 11.8 Å². The molecule has 0 unspecified atom stereocenters. The summed E-state index contributed by atoms with van der Waals surface area (Å²) in [5.74, 6) is -0.207. The van der Waals surface area contributed by atoms with Crippen LogP contribution in [0.4, 0.5) is 4.79 Å². The summed E-state index contributed by atoms with van der Waals surface area (Å²) < 4.78 is 10.4. The third-order valence-electron chi connectivity index (χ3n) is 3.85. The Kier molecular flexibility index (Phi) is 5.41. The zero-order valence-electron chi connectivity index (χ0n) is 13.3. The highest BCUT2D eigenvalue weighted by molar-refractivity contribution is 5.77. The van der Waals surface area contributed by atoms with E-state index < -0.39 is 6.09 Å². The lowest BCUT2D eigenvalue weighted by Crippen LogP contribution is -2.53. The molecule has 1 fully saturated rings. The quantitative estimate of drug-likeness (QED) is 0.802. The van der Waals surface area contributed by atoms with Crippen molar-refractivity contribution in [3.8, 4) is 0 Å². The first-order valence-electron chi connectivity index (χ1n) is 7.63. The number of hydrogen-bond donors (Lipinski definition) is 0. The third-order valence-corrected chi connectivity index (χ3v) is 3.85. The summed E-state index contributed by atoms with van der Waals surface area (Å²) in [4.78, 5) is 25.6. The first kappa shape index (κ1) is 16.3. The van der Waals surface area contributed by atoms with E-state index in [0.717, 1.165) is 12.0 Å². The summed E-state index contributed by atoms with van der Waals surface area (Å²) in [7, 11) is 0. The summed E-state index contributed by atoms with van der Waals surface area (Å²) >= 11 is 0. The second kappa shape index (κ2) is 7.29. The fourth-order valence-electron chi connectivity index (χ4n) is 2.59. The predicted molar refractivity (Wildman–Crippen MR) is 81.8 cm³/mol. The molecule has 1 aliphatic heterocycles. The number of cyclic esters (lactones) is 1. The minimum absolute atomic E-state index is 0.0335. The molecule has 0 bridgehead atoms. The van der Waals surface area contributed by atoms with Gasteiger partial charge in [-0.1, -0.05) is 44.2 Å². The van der Waals surface area contributed by atoms with Crippen LogP contribution in [-0.2, 0) is 20.9 Å². The lowest BCUT2D eigenvalue weighted by atomic mass is 9.91. The van der Waals surface area contributed by atoms with Gasteiger partial charge in [0.15, 0.2) is 6.73 Å². The maximum absolute atomic E-state index is 12.3. The Morgan fingerprint density at radius 3 is 2.68 bits per heavy atom. The highest BCUT2D eigenvalue weighted by Crippen LogP contribution is 2.25. The van der Waals surface area contributed by atoms with Gasteiger partial charge in [0.2, 0.25) is 0 Å².